The van der Waals surface area contributed by atoms with Crippen LogP contribution in [0.25, 0.3) is 0 Å². The Kier molecular flexibility index (Phi) is 7.39. The Morgan fingerprint density at radius 2 is 1.88 bits per heavy atom. The van der Waals surface area contributed by atoms with Gasteiger partial charge < -0.3 is 16.0 Å². The molecule has 0 radical (unpaired) electrons. The number of rotatable bonds is 8. The second-order valence-electron chi connectivity index (χ2n) is 5.16. The lowest BCUT2D eigenvalue weighted by Crippen LogP contribution is -2.48. The van der Waals surface area contributed by atoms with Gasteiger partial charge in [-0.1, -0.05) is 13.8 Å². The molecule has 0 fully saturated rings. The van der Waals surface area contributed by atoms with E-state index in [2.05, 4.69) is 10.2 Å². The lowest BCUT2D eigenvalue weighted by molar-refractivity contribution is -0.131. The second kappa shape index (κ2) is 7.67. The third-order valence-electron chi connectivity index (χ3n) is 3.61. The van der Waals surface area contributed by atoms with Crippen molar-refractivity contribution in [2.45, 2.75) is 46.1 Å². The van der Waals surface area contributed by atoms with Gasteiger partial charge in [-0.2, -0.15) is 0 Å². The van der Waals surface area contributed by atoms with Crippen molar-refractivity contribution in [3.05, 3.63) is 0 Å². The quantitative estimate of drug-likeness (QED) is 0.673. The number of amides is 1. The number of nitrogens with two attached hydrogens (primary N) is 1. The molecule has 1 atom stereocenters. The van der Waals surface area contributed by atoms with Crippen molar-refractivity contribution < 1.29 is 4.79 Å². The molecule has 1 amide bonds. The maximum absolute atomic E-state index is 12.2. The summed E-state index contributed by atoms with van der Waals surface area (Å²) >= 11 is 0. The summed E-state index contributed by atoms with van der Waals surface area (Å²) in [5, 5.41) is 3.08. The summed E-state index contributed by atoms with van der Waals surface area (Å²) in [6.45, 7) is 7.51. The Balaban J connectivity index is 4.31. The van der Waals surface area contributed by atoms with Gasteiger partial charge in [0, 0.05) is 12.6 Å². The highest BCUT2D eigenvalue weighted by Crippen LogP contribution is 2.25. The highest BCUT2D eigenvalue weighted by molar-refractivity contribution is 5.83. The molecule has 0 aromatic rings. The van der Waals surface area contributed by atoms with Crippen molar-refractivity contribution >= 4 is 5.91 Å². The largest absolute Gasteiger partial charge is 0.353 e. The van der Waals surface area contributed by atoms with E-state index in [9.17, 15) is 4.79 Å². The average molecular weight is 243 g/mol. The Bertz CT molecular complexity index is 216. The van der Waals surface area contributed by atoms with Crippen LogP contribution in [0.4, 0.5) is 0 Å². The van der Waals surface area contributed by atoms with Gasteiger partial charge in [0.2, 0.25) is 5.91 Å². The summed E-state index contributed by atoms with van der Waals surface area (Å²) in [5.41, 5.74) is 5.38. The van der Waals surface area contributed by atoms with Gasteiger partial charge in [0.1, 0.15) is 0 Å². The van der Waals surface area contributed by atoms with Gasteiger partial charge in [-0.25, -0.2) is 0 Å². The molecule has 0 aliphatic carbocycles. The molecule has 0 aliphatic heterocycles. The zero-order valence-corrected chi connectivity index (χ0v) is 12.0. The fourth-order valence-corrected chi connectivity index (χ4v) is 1.85. The van der Waals surface area contributed by atoms with E-state index in [0.29, 0.717) is 6.54 Å². The second-order valence-corrected chi connectivity index (χ2v) is 5.16. The topological polar surface area (TPSA) is 58.4 Å². The third kappa shape index (κ3) is 5.04. The Labute approximate surface area is 106 Å². The van der Waals surface area contributed by atoms with Crippen LogP contribution in [0.2, 0.25) is 0 Å². The Morgan fingerprint density at radius 1 is 1.35 bits per heavy atom. The molecular weight excluding hydrogens is 214 g/mol. The molecule has 3 N–H and O–H groups in total. The van der Waals surface area contributed by atoms with Crippen molar-refractivity contribution in [3.8, 4) is 0 Å². The molecule has 0 bridgehead atoms. The minimum absolute atomic E-state index is 0.108. The molecule has 0 aromatic carbocycles. The van der Waals surface area contributed by atoms with Crippen LogP contribution >= 0.6 is 0 Å². The molecule has 0 aliphatic rings. The summed E-state index contributed by atoms with van der Waals surface area (Å²) in [6, 6.07) is 0.203. The summed E-state index contributed by atoms with van der Waals surface area (Å²) in [7, 11) is 4.08. The van der Waals surface area contributed by atoms with Crippen LogP contribution in [0.3, 0.4) is 0 Å². The van der Waals surface area contributed by atoms with E-state index in [1.54, 1.807) is 0 Å². The van der Waals surface area contributed by atoms with Gasteiger partial charge in [-0.3, -0.25) is 4.79 Å². The fraction of sp³-hybridized carbons (Fsp3) is 0.923. The van der Waals surface area contributed by atoms with Crippen molar-refractivity contribution in [1.29, 1.82) is 0 Å². The average Bonchev–Trinajstić information content (AvgIpc) is 2.29. The lowest BCUT2D eigenvalue weighted by Gasteiger charge is -2.30. The first kappa shape index (κ1) is 16.4. The van der Waals surface area contributed by atoms with E-state index in [1.807, 2.05) is 34.9 Å². The minimum Gasteiger partial charge on any atom is -0.353 e. The standard InChI is InChI=1S/C13H29N3O/c1-6-13(7-2,10-14)12(17)15-11(3)8-9-16(4)5/h11H,6-10,14H2,1-5H3,(H,15,17). The SMILES string of the molecule is CCC(CC)(CN)C(=O)NC(C)CCN(C)C. The Morgan fingerprint density at radius 3 is 2.24 bits per heavy atom. The highest BCUT2D eigenvalue weighted by atomic mass is 16.2. The maximum atomic E-state index is 12.2. The Hall–Kier alpha value is -0.610. The molecule has 0 heterocycles. The number of carbonyl (C=O) groups excluding carboxylic acids is 1. The van der Waals surface area contributed by atoms with Gasteiger partial charge in [0.25, 0.3) is 0 Å². The summed E-state index contributed by atoms with van der Waals surface area (Å²) < 4.78 is 0. The number of nitrogens with zero attached hydrogens (tertiary/aromatic N) is 1. The zero-order chi connectivity index (χ0) is 13.5. The van der Waals surface area contributed by atoms with E-state index in [0.717, 1.165) is 25.8 Å². The van der Waals surface area contributed by atoms with Crippen molar-refractivity contribution in [1.82, 2.24) is 10.2 Å². The van der Waals surface area contributed by atoms with Crippen molar-refractivity contribution in [2.75, 3.05) is 27.2 Å². The van der Waals surface area contributed by atoms with Crippen LogP contribution in [0.15, 0.2) is 0 Å². The molecule has 102 valence electrons. The van der Waals surface area contributed by atoms with Crippen LogP contribution in [0, 0.1) is 5.41 Å². The smallest absolute Gasteiger partial charge is 0.227 e. The molecule has 17 heavy (non-hydrogen) atoms. The minimum atomic E-state index is -0.383. The number of carbonyl (C=O) groups is 1. The normalized spacial score (nSPS) is 13.8. The molecular formula is C13H29N3O. The van der Waals surface area contributed by atoms with Gasteiger partial charge in [0.05, 0.1) is 5.41 Å². The van der Waals surface area contributed by atoms with Crippen LogP contribution in [0.1, 0.15) is 40.0 Å². The monoisotopic (exact) mass is 243 g/mol. The van der Waals surface area contributed by atoms with Crippen LogP contribution < -0.4 is 11.1 Å². The van der Waals surface area contributed by atoms with E-state index in [1.165, 1.54) is 0 Å². The van der Waals surface area contributed by atoms with E-state index >= 15 is 0 Å². The van der Waals surface area contributed by atoms with Gasteiger partial charge >= 0.3 is 0 Å². The molecule has 0 saturated carbocycles. The van der Waals surface area contributed by atoms with Crippen LogP contribution in [0.5, 0.6) is 0 Å². The first-order chi connectivity index (χ1) is 7.91. The first-order valence-electron chi connectivity index (χ1n) is 6.57. The predicted octanol–water partition coefficient (Wildman–Crippen LogP) is 1.21. The third-order valence-corrected chi connectivity index (χ3v) is 3.61. The van der Waals surface area contributed by atoms with Crippen LogP contribution in [-0.2, 0) is 4.79 Å². The molecule has 0 saturated heterocycles. The van der Waals surface area contributed by atoms with Crippen molar-refractivity contribution in [2.24, 2.45) is 11.1 Å². The van der Waals surface area contributed by atoms with Crippen LogP contribution in [-0.4, -0.2) is 44.0 Å². The summed E-state index contributed by atoms with van der Waals surface area (Å²) in [5.74, 6) is 0.108. The summed E-state index contributed by atoms with van der Waals surface area (Å²) in [4.78, 5) is 14.3. The molecule has 1 unspecified atom stereocenters. The van der Waals surface area contributed by atoms with Gasteiger partial charge in [-0.15, -0.1) is 0 Å². The number of hydrogen-bond donors (Lipinski definition) is 2. The molecule has 0 spiro atoms. The van der Waals surface area contributed by atoms with E-state index < -0.39 is 0 Å². The predicted molar refractivity (Wildman–Crippen MR) is 72.8 cm³/mol. The van der Waals surface area contributed by atoms with Gasteiger partial charge in [0.15, 0.2) is 0 Å². The highest BCUT2D eigenvalue weighted by Gasteiger charge is 2.33. The maximum Gasteiger partial charge on any atom is 0.227 e. The summed E-state index contributed by atoms with van der Waals surface area (Å²) in [6.07, 6.45) is 2.56. The van der Waals surface area contributed by atoms with Crippen molar-refractivity contribution in [3.63, 3.8) is 0 Å². The molecule has 4 nitrogen and oxygen atoms in total. The fourth-order valence-electron chi connectivity index (χ4n) is 1.85. The molecule has 0 aromatic heterocycles. The number of nitrogens with one attached hydrogen (secondary N) is 1. The lowest BCUT2D eigenvalue weighted by atomic mass is 9.81. The van der Waals surface area contributed by atoms with Gasteiger partial charge in [-0.05, 0) is 46.8 Å². The number of hydrogen-bond acceptors (Lipinski definition) is 3. The molecule has 4 heteroatoms. The first-order valence-corrected chi connectivity index (χ1v) is 6.57. The molecule has 0 rings (SSSR count). The van der Waals surface area contributed by atoms with E-state index in [-0.39, 0.29) is 17.4 Å². The zero-order valence-electron chi connectivity index (χ0n) is 12.0. The van der Waals surface area contributed by atoms with E-state index in [4.69, 9.17) is 5.73 Å².